The molecule has 0 aliphatic carbocycles. The molecule has 0 atom stereocenters. The lowest BCUT2D eigenvalue weighted by molar-refractivity contribution is 0.629. The average Bonchev–Trinajstić information content (AvgIpc) is 2.61. The fraction of sp³-hybridized carbons (Fsp3) is 0.182. The van der Waals surface area contributed by atoms with Gasteiger partial charge in [0, 0.05) is 18.0 Å². The Labute approximate surface area is 81.4 Å². The highest BCUT2D eigenvalue weighted by molar-refractivity contribution is 5.46. The van der Waals surface area contributed by atoms with Gasteiger partial charge in [0.2, 0.25) is 0 Å². The Morgan fingerprint density at radius 3 is 3.00 bits per heavy atom. The monoisotopic (exact) mass is 188 g/mol. The van der Waals surface area contributed by atoms with Crippen molar-refractivity contribution in [3.8, 4) is 12.3 Å². The molecule has 3 heteroatoms. The van der Waals surface area contributed by atoms with Gasteiger partial charge < -0.3 is 4.40 Å². The van der Waals surface area contributed by atoms with Crippen LogP contribution in [0, 0.1) is 18.2 Å². The fourth-order valence-electron chi connectivity index (χ4n) is 1.36. The molecular weight excluding hydrogens is 179 g/mol. The second kappa shape index (κ2) is 3.15. The van der Waals surface area contributed by atoms with Crippen molar-refractivity contribution in [1.29, 1.82) is 0 Å². The molecule has 0 spiro atoms. The third-order valence-corrected chi connectivity index (χ3v) is 2.09. The van der Waals surface area contributed by atoms with Gasteiger partial charge in [-0.15, -0.1) is 6.42 Å². The van der Waals surface area contributed by atoms with Crippen LogP contribution in [0.4, 0.5) is 4.39 Å². The quantitative estimate of drug-likeness (QED) is 0.626. The maximum atomic E-state index is 13.4. The number of nitrogens with zero attached hydrogens (tertiary/aromatic N) is 2. The van der Waals surface area contributed by atoms with Crippen molar-refractivity contribution in [2.75, 3.05) is 0 Å². The first-order chi connectivity index (χ1) is 6.74. The highest BCUT2D eigenvalue weighted by Gasteiger charge is 2.06. The largest absolute Gasteiger partial charge is 0.303 e. The summed E-state index contributed by atoms with van der Waals surface area (Å²) >= 11 is 0. The highest BCUT2D eigenvalue weighted by atomic mass is 19.1. The molecule has 2 aromatic rings. The van der Waals surface area contributed by atoms with E-state index in [1.807, 2.05) is 6.92 Å². The van der Waals surface area contributed by atoms with Gasteiger partial charge in [-0.05, 0) is 12.5 Å². The van der Waals surface area contributed by atoms with Crippen LogP contribution in [-0.2, 0) is 6.42 Å². The van der Waals surface area contributed by atoms with Crippen LogP contribution in [-0.4, -0.2) is 9.38 Å². The van der Waals surface area contributed by atoms with E-state index in [1.165, 1.54) is 6.07 Å². The van der Waals surface area contributed by atoms with Crippen molar-refractivity contribution in [2.24, 2.45) is 0 Å². The number of pyridine rings is 1. The summed E-state index contributed by atoms with van der Waals surface area (Å²) in [5, 5.41) is 0. The number of hydrogen-bond donors (Lipinski definition) is 0. The Hall–Kier alpha value is -1.82. The number of imidazole rings is 1. The third-order valence-electron chi connectivity index (χ3n) is 2.09. The molecule has 70 valence electrons. The fourth-order valence-corrected chi connectivity index (χ4v) is 1.36. The molecule has 0 saturated heterocycles. The predicted octanol–water partition coefficient (Wildman–Crippen LogP) is 2.02. The summed E-state index contributed by atoms with van der Waals surface area (Å²) < 4.78 is 15.0. The molecule has 2 nitrogen and oxygen atoms in total. The van der Waals surface area contributed by atoms with Crippen molar-refractivity contribution in [3.05, 3.63) is 35.5 Å². The van der Waals surface area contributed by atoms with E-state index in [1.54, 1.807) is 16.8 Å². The minimum atomic E-state index is -0.375. The molecule has 0 aromatic carbocycles. The lowest BCUT2D eigenvalue weighted by atomic mass is 10.3. The summed E-state index contributed by atoms with van der Waals surface area (Å²) in [4.78, 5) is 4.13. The Morgan fingerprint density at radius 1 is 1.57 bits per heavy atom. The first-order valence-electron chi connectivity index (χ1n) is 4.38. The minimum absolute atomic E-state index is 0.334. The third kappa shape index (κ3) is 1.25. The molecule has 0 unspecified atom stereocenters. The van der Waals surface area contributed by atoms with Gasteiger partial charge >= 0.3 is 0 Å². The van der Waals surface area contributed by atoms with Gasteiger partial charge in [0.05, 0.1) is 5.69 Å². The zero-order valence-corrected chi connectivity index (χ0v) is 7.79. The van der Waals surface area contributed by atoms with Crippen LogP contribution in [0.5, 0.6) is 0 Å². The lowest BCUT2D eigenvalue weighted by Gasteiger charge is -1.95. The molecule has 0 bridgehead atoms. The maximum Gasteiger partial charge on any atom is 0.173 e. The summed E-state index contributed by atoms with van der Waals surface area (Å²) in [5.74, 6) is 2.02. The van der Waals surface area contributed by atoms with E-state index in [9.17, 15) is 4.39 Å². The molecule has 2 heterocycles. The van der Waals surface area contributed by atoms with Crippen molar-refractivity contribution >= 4 is 5.65 Å². The second-order valence-corrected chi connectivity index (χ2v) is 3.04. The molecule has 0 radical (unpaired) electrons. The van der Waals surface area contributed by atoms with Gasteiger partial charge in [0.1, 0.15) is 0 Å². The van der Waals surface area contributed by atoms with E-state index >= 15 is 0 Å². The van der Waals surface area contributed by atoms with Crippen LogP contribution < -0.4 is 0 Å². The molecule has 0 amide bonds. The summed E-state index contributed by atoms with van der Waals surface area (Å²) in [5.41, 5.74) is 1.72. The number of terminal acetylenes is 1. The Morgan fingerprint density at radius 2 is 2.36 bits per heavy atom. The van der Waals surface area contributed by atoms with Gasteiger partial charge in [-0.3, -0.25) is 0 Å². The van der Waals surface area contributed by atoms with Gasteiger partial charge in [-0.2, -0.15) is 0 Å². The van der Waals surface area contributed by atoms with E-state index in [0.29, 0.717) is 11.2 Å². The van der Waals surface area contributed by atoms with Gasteiger partial charge in [0.15, 0.2) is 11.5 Å². The molecule has 0 aliphatic heterocycles. The Bertz CT molecular complexity index is 520. The van der Waals surface area contributed by atoms with Crippen LogP contribution in [0.25, 0.3) is 5.65 Å². The zero-order chi connectivity index (χ0) is 10.1. The average molecular weight is 188 g/mol. The first kappa shape index (κ1) is 8.76. The summed E-state index contributed by atoms with van der Waals surface area (Å²) in [6.45, 7) is 1.97. The van der Waals surface area contributed by atoms with Crippen LogP contribution in [0.3, 0.4) is 0 Å². The molecule has 2 rings (SSSR count). The smallest absolute Gasteiger partial charge is 0.173 e. The molecule has 0 saturated carbocycles. The molecule has 0 fully saturated rings. The van der Waals surface area contributed by atoms with Crippen LogP contribution in [0.15, 0.2) is 18.5 Å². The van der Waals surface area contributed by atoms with Crippen molar-refractivity contribution < 1.29 is 4.39 Å². The summed E-state index contributed by atoms with van der Waals surface area (Å²) in [7, 11) is 0. The van der Waals surface area contributed by atoms with E-state index in [2.05, 4.69) is 10.9 Å². The molecule has 0 aliphatic rings. The lowest BCUT2D eigenvalue weighted by Crippen LogP contribution is -1.89. The standard InChI is InChI=1S/C11H9FN2/c1-3-8-5-10(12)11-13-9(4-2)7-14(11)6-8/h1,5-7H,4H2,2H3. The van der Waals surface area contributed by atoms with Gasteiger partial charge in [0.25, 0.3) is 0 Å². The molecule has 2 aromatic heterocycles. The highest BCUT2D eigenvalue weighted by Crippen LogP contribution is 2.12. The van der Waals surface area contributed by atoms with Gasteiger partial charge in [-0.25, -0.2) is 9.37 Å². The minimum Gasteiger partial charge on any atom is -0.303 e. The van der Waals surface area contributed by atoms with Crippen LogP contribution in [0.1, 0.15) is 18.2 Å². The predicted molar refractivity (Wildman–Crippen MR) is 52.5 cm³/mol. The number of halogens is 1. The molecule has 14 heavy (non-hydrogen) atoms. The molecule has 0 N–H and O–H groups in total. The normalized spacial score (nSPS) is 10.4. The second-order valence-electron chi connectivity index (χ2n) is 3.04. The van der Waals surface area contributed by atoms with Crippen molar-refractivity contribution in [2.45, 2.75) is 13.3 Å². The van der Waals surface area contributed by atoms with E-state index in [-0.39, 0.29) is 5.82 Å². The van der Waals surface area contributed by atoms with Gasteiger partial charge in [-0.1, -0.05) is 12.8 Å². The zero-order valence-electron chi connectivity index (χ0n) is 7.79. The number of fused-ring (bicyclic) bond motifs is 1. The Balaban J connectivity index is 2.75. The van der Waals surface area contributed by atoms with E-state index < -0.39 is 0 Å². The topological polar surface area (TPSA) is 17.3 Å². The van der Waals surface area contributed by atoms with Crippen molar-refractivity contribution in [1.82, 2.24) is 9.38 Å². The van der Waals surface area contributed by atoms with E-state index in [4.69, 9.17) is 6.42 Å². The van der Waals surface area contributed by atoms with E-state index in [0.717, 1.165) is 12.1 Å². The summed E-state index contributed by atoms with van der Waals surface area (Å²) in [6, 6.07) is 1.32. The summed E-state index contributed by atoms with van der Waals surface area (Å²) in [6.07, 6.45) is 9.47. The van der Waals surface area contributed by atoms with Crippen molar-refractivity contribution in [3.63, 3.8) is 0 Å². The SMILES string of the molecule is C#Cc1cc(F)c2nc(CC)cn2c1. The number of aromatic nitrogens is 2. The molecular formula is C11H9FN2. The number of rotatable bonds is 1. The number of aryl methyl sites for hydroxylation is 1. The van der Waals surface area contributed by atoms with Crippen LogP contribution in [0.2, 0.25) is 0 Å². The Kier molecular flexibility index (Phi) is 1.97. The maximum absolute atomic E-state index is 13.4. The number of hydrogen-bond acceptors (Lipinski definition) is 1. The van der Waals surface area contributed by atoms with Crippen LogP contribution >= 0.6 is 0 Å². The first-order valence-corrected chi connectivity index (χ1v) is 4.38.